The molecule has 6 unspecified atom stereocenters. The Balaban J connectivity index is 2.38. The third kappa shape index (κ3) is 19.9. The summed E-state index contributed by atoms with van der Waals surface area (Å²) in [7, 11) is 0. The highest BCUT2D eigenvalue weighted by Crippen LogP contribution is 2.35. The molecule has 2 saturated heterocycles. The average molecular weight is 759 g/mol. The molecule has 0 aromatic carbocycles. The molecule has 0 bridgehead atoms. The molecule has 54 heavy (non-hydrogen) atoms. The Morgan fingerprint density at radius 2 is 0.852 bits per heavy atom. The first-order chi connectivity index (χ1) is 26.0. The molecule has 306 valence electrons. The van der Waals surface area contributed by atoms with Crippen LogP contribution in [0.15, 0.2) is 24.3 Å². The van der Waals surface area contributed by atoms with E-state index in [1.54, 1.807) is 0 Å². The number of esters is 4. The van der Waals surface area contributed by atoms with Gasteiger partial charge in [0.1, 0.15) is 0 Å². The van der Waals surface area contributed by atoms with E-state index in [1.807, 2.05) is 0 Å². The zero-order valence-electron chi connectivity index (χ0n) is 33.3. The maximum absolute atomic E-state index is 12.8. The smallest absolute Gasteiger partial charge is 0.317 e. The summed E-state index contributed by atoms with van der Waals surface area (Å²) in [4.78, 5) is 71.8. The predicted molar refractivity (Wildman–Crippen MR) is 208 cm³/mol. The molecule has 10 heteroatoms. The molecule has 0 amide bonds. The van der Waals surface area contributed by atoms with E-state index in [9.17, 15) is 28.8 Å². The zero-order chi connectivity index (χ0) is 39.6. The molecule has 10 nitrogen and oxygen atoms in total. The van der Waals surface area contributed by atoms with Crippen molar-refractivity contribution in [2.75, 3.05) is 0 Å². The van der Waals surface area contributed by atoms with Gasteiger partial charge < -0.3 is 19.7 Å². The van der Waals surface area contributed by atoms with Crippen molar-refractivity contribution in [3.63, 3.8) is 0 Å². The minimum Gasteiger partial charge on any atom is -0.481 e. The Morgan fingerprint density at radius 1 is 0.519 bits per heavy atom. The monoisotopic (exact) mass is 758 g/mol. The standard InChI is InChI=1S/C44H70O10/c1-3-5-7-15-23-35(37-31-41(49)53-43(37)51)29-27-33(21-17-11-9-13-19-25-39(45)46)34(22-18-12-10-14-20-26-40(47)48)28-30-36(24-16-8-6-4-2)38-32-42(50)54-44(38)52/h27-30,33-38H,3-26,31-32H2,1-2H3,(H,45,46)(H,47,48). The lowest BCUT2D eigenvalue weighted by atomic mass is 9.79. The van der Waals surface area contributed by atoms with Crippen LogP contribution in [0.2, 0.25) is 0 Å². The van der Waals surface area contributed by atoms with Crippen molar-refractivity contribution >= 4 is 35.8 Å². The number of ether oxygens (including phenoxy) is 2. The second-order valence-electron chi connectivity index (χ2n) is 15.7. The summed E-state index contributed by atoms with van der Waals surface area (Å²) in [5.41, 5.74) is 0. The van der Waals surface area contributed by atoms with E-state index in [-0.39, 0.29) is 49.4 Å². The fourth-order valence-electron chi connectivity index (χ4n) is 7.96. The van der Waals surface area contributed by atoms with Gasteiger partial charge in [-0.2, -0.15) is 0 Å². The van der Waals surface area contributed by atoms with Crippen molar-refractivity contribution in [3.8, 4) is 0 Å². The van der Waals surface area contributed by atoms with Crippen LogP contribution in [0.1, 0.15) is 181 Å². The van der Waals surface area contributed by atoms with Crippen LogP contribution in [0.4, 0.5) is 0 Å². The third-order valence-corrected chi connectivity index (χ3v) is 11.2. The second kappa shape index (κ2) is 28.2. The fourth-order valence-corrected chi connectivity index (χ4v) is 7.96. The van der Waals surface area contributed by atoms with E-state index in [2.05, 4.69) is 38.2 Å². The van der Waals surface area contributed by atoms with Gasteiger partial charge >= 0.3 is 35.8 Å². The van der Waals surface area contributed by atoms with Crippen LogP contribution in [0.3, 0.4) is 0 Å². The summed E-state index contributed by atoms with van der Waals surface area (Å²) in [6.07, 6.45) is 30.1. The molecule has 0 aliphatic carbocycles. The summed E-state index contributed by atoms with van der Waals surface area (Å²) in [6.45, 7) is 4.32. The summed E-state index contributed by atoms with van der Waals surface area (Å²) >= 11 is 0. The van der Waals surface area contributed by atoms with Crippen molar-refractivity contribution in [1.82, 2.24) is 0 Å². The van der Waals surface area contributed by atoms with Crippen LogP contribution in [0.5, 0.6) is 0 Å². The summed E-state index contributed by atoms with van der Waals surface area (Å²) in [6, 6.07) is 0. The molecule has 2 fully saturated rings. The average Bonchev–Trinajstić information content (AvgIpc) is 3.65. The SMILES string of the molecule is CCCCCCC(C=CC(CCCCCCCC(=O)O)C(C=CC(CCCCCC)C1CC(=O)OC1=O)CCCCCCCC(=O)O)C1CC(=O)OC1=O. The molecule has 0 spiro atoms. The number of hydrogen-bond donors (Lipinski definition) is 2. The lowest BCUT2D eigenvalue weighted by Crippen LogP contribution is -2.20. The number of cyclic esters (lactones) is 4. The van der Waals surface area contributed by atoms with Gasteiger partial charge in [0.25, 0.3) is 0 Å². The van der Waals surface area contributed by atoms with Crippen molar-refractivity contribution in [2.45, 2.75) is 181 Å². The van der Waals surface area contributed by atoms with E-state index in [0.29, 0.717) is 12.8 Å². The van der Waals surface area contributed by atoms with Gasteiger partial charge in [-0.15, -0.1) is 0 Å². The predicted octanol–water partition coefficient (Wildman–Crippen LogP) is 10.3. The van der Waals surface area contributed by atoms with Gasteiger partial charge in [-0.1, -0.05) is 141 Å². The van der Waals surface area contributed by atoms with Gasteiger partial charge in [0.2, 0.25) is 0 Å². The molecule has 6 atom stereocenters. The minimum atomic E-state index is -0.771. The number of aliphatic carboxylic acids is 2. The minimum absolute atomic E-state index is 0.101. The largest absolute Gasteiger partial charge is 0.481 e. The number of hydrogen-bond acceptors (Lipinski definition) is 8. The normalized spacial score (nSPS) is 19.7. The van der Waals surface area contributed by atoms with Gasteiger partial charge in [0, 0.05) is 12.8 Å². The van der Waals surface area contributed by atoms with Crippen LogP contribution < -0.4 is 0 Å². The molecular weight excluding hydrogens is 688 g/mol. The summed E-state index contributed by atoms with van der Waals surface area (Å²) < 4.78 is 9.99. The van der Waals surface area contributed by atoms with Crippen LogP contribution >= 0.6 is 0 Å². The Hall–Kier alpha value is -3.30. The molecular formula is C44H70O10. The number of rotatable bonds is 33. The summed E-state index contributed by atoms with van der Waals surface area (Å²) in [5.74, 6) is -4.28. The van der Waals surface area contributed by atoms with Gasteiger partial charge in [-0.25, -0.2) is 0 Å². The molecule has 2 aliphatic heterocycles. The first kappa shape index (κ1) is 46.9. The third-order valence-electron chi connectivity index (χ3n) is 11.2. The highest BCUT2D eigenvalue weighted by molar-refractivity contribution is 5.95. The van der Waals surface area contributed by atoms with E-state index in [1.165, 1.54) is 0 Å². The van der Waals surface area contributed by atoms with E-state index < -0.39 is 47.7 Å². The molecule has 2 heterocycles. The molecule has 0 aromatic rings. The molecule has 0 saturated carbocycles. The number of carbonyl (C=O) groups excluding carboxylic acids is 4. The highest BCUT2D eigenvalue weighted by atomic mass is 16.6. The fraction of sp³-hybridized carbons (Fsp3) is 0.773. The molecule has 2 N–H and O–H groups in total. The van der Waals surface area contributed by atoms with Crippen LogP contribution in [-0.4, -0.2) is 46.0 Å². The van der Waals surface area contributed by atoms with Gasteiger partial charge in [-0.3, -0.25) is 28.8 Å². The quantitative estimate of drug-likeness (QED) is 0.0285. The lowest BCUT2D eigenvalue weighted by molar-refractivity contribution is -0.155. The van der Waals surface area contributed by atoms with Crippen molar-refractivity contribution in [2.24, 2.45) is 35.5 Å². The molecule has 2 aliphatic rings. The topological polar surface area (TPSA) is 161 Å². The van der Waals surface area contributed by atoms with Crippen molar-refractivity contribution < 1.29 is 48.5 Å². The van der Waals surface area contributed by atoms with E-state index in [0.717, 1.165) is 128 Å². The Bertz CT molecular complexity index is 1110. The Morgan fingerprint density at radius 3 is 1.19 bits per heavy atom. The number of carboxylic acids is 2. The Kier molecular flexibility index (Phi) is 24.4. The number of carboxylic acid groups (broad SMARTS) is 2. The first-order valence-corrected chi connectivity index (χ1v) is 21.3. The molecule has 0 aromatic heterocycles. The first-order valence-electron chi connectivity index (χ1n) is 21.3. The van der Waals surface area contributed by atoms with Crippen LogP contribution in [0.25, 0.3) is 0 Å². The number of carbonyl (C=O) groups is 6. The van der Waals surface area contributed by atoms with Crippen LogP contribution in [-0.2, 0) is 38.2 Å². The maximum atomic E-state index is 12.8. The van der Waals surface area contributed by atoms with Crippen molar-refractivity contribution in [1.29, 1.82) is 0 Å². The van der Waals surface area contributed by atoms with Crippen molar-refractivity contribution in [3.05, 3.63) is 24.3 Å². The lowest BCUT2D eigenvalue weighted by Gasteiger charge is -2.25. The van der Waals surface area contributed by atoms with Gasteiger partial charge in [0.15, 0.2) is 0 Å². The maximum Gasteiger partial charge on any atom is 0.317 e. The van der Waals surface area contributed by atoms with Crippen LogP contribution in [0, 0.1) is 35.5 Å². The molecule has 2 rings (SSSR count). The number of unbranched alkanes of at least 4 members (excludes halogenated alkanes) is 14. The van der Waals surface area contributed by atoms with Gasteiger partial charge in [0.05, 0.1) is 24.7 Å². The Labute approximate surface area is 324 Å². The summed E-state index contributed by atoms with van der Waals surface area (Å²) in [5, 5.41) is 18.1. The second-order valence-corrected chi connectivity index (χ2v) is 15.7. The van der Waals surface area contributed by atoms with Gasteiger partial charge in [-0.05, 0) is 62.2 Å². The number of allylic oxidation sites excluding steroid dienone is 4. The van der Waals surface area contributed by atoms with E-state index in [4.69, 9.17) is 19.7 Å². The molecule has 0 radical (unpaired) electrons. The highest BCUT2D eigenvalue weighted by Gasteiger charge is 2.39. The van der Waals surface area contributed by atoms with E-state index >= 15 is 0 Å². The zero-order valence-corrected chi connectivity index (χ0v) is 33.3.